The highest BCUT2D eigenvalue weighted by Crippen LogP contribution is 2.37. The predicted octanol–water partition coefficient (Wildman–Crippen LogP) is 4.03. The Bertz CT molecular complexity index is 401. The van der Waals surface area contributed by atoms with Gasteiger partial charge in [0.15, 0.2) is 0 Å². The van der Waals surface area contributed by atoms with Gasteiger partial charge in [0, 0.05) is 16.1 Å². The molecule has 0 radical (unpaired) electrons. The van der Waals surface area contributed by atoms with Gasteiger partial charge in [-0.05, 0) is 59.9 Å². The molecule has 1 aromatic rings. The fourth-order valence-electron chi connectivity index (χ4n) is 1.29. The van der Waals surface area contributed by atoms with Crippen LogP contribution in [0.15, 0.2) is 25.6 Å². The molecule has 0 amide bonds. The van der Waals surface area contributed by atoms with Crippen LogP contribution in [0.3, 0.4) is 0 Å². The van der Waals surface area contributed by atoms with E-state index >= 15 is 0 Å². The Morgan fingerprint density at radius 2 is 1.40 bits per heavy atom. The summed E-state index contributed by atoms with van der Waals surface area (Å²) in [6.07, 6.45) is 0. The molecule has 1 aromatic carbocycles. The van der Waals surface area contributed by atoms with Crippen LogP contribution >= 0.6 is 47.8 Å². The molecule has 20 heavy (non-hydrogen) atoms. The maximum Gasteiger partial charge on any atom is 0.134 e. The van der Waals surface area contributed by atoms with Gasteiger partial charge < -0.3 is 18.9 Å². The number of methoxy groups -OCH3 is 1. The molecule has 0 aliphatic rings. The van der Waals surface area contributed by atoms with E-state index in [-0.39, 0.29) is 0 Å². The van der Waals surface area contributed by atoms with Crippen molar-refractivity contribution in [2.45, 2.75) is 0 Å². The van der Waals surface area contributed by atoms with Gasteiger partial charge in [-0.15, -0.1) is 0 Å². The third kappa shape index (κ3) is 6.87. The first kappa shape index (κ1) is 18.4. The van der Waals surface area contributed by atoms with Crippen molar-refractivity contribution < 1.29 is 18.9 Å². The van der Waals surface area contributed by atoms with Gasteiger partial charge in [0.05, 0.1) is 37.5 Å². The minimum atomic E-state index is 0.491. The molecule has 0 bridgehead atoms. The van der Waals surface area contributed by atoms with E-state index in [4.69, 9.17) is 18.9 Å². The Morgan fingerprint density at radius 3 is 2.05 bits per heavy atom. The van der Waals surface area contributed by atoms with Crippen molar-refractivity contribution in [3.8, 4) is 5.75 Å². The molecule has 114 valence electrons. The summed E-state index contributed by atoms with van der Waals surface area (Å²) in [6, 6.07) is 3.82. The van der Waals surface area contributed by atoms with E-state index in [9.17, 15) is 0 Å². The summed E-state index contributed by atoms with van der Waals surface area (Å²) in [5, 5.41) is 0. The van der Waals surface area contributed by atoms with Gasteiger partial charge in [0.1, 0.15) is 12.4 Å². The second-order valence-corrected chi connectivity index (χ2v) is 6.18. The molecule has 0 N–H and O–H groups in total. The van der Waals surface area contributed by atoms with Gasteiger partial charge in [-0.3, -0.25) is 0 Å². The molecular formula is C13H17Br3O4. The zero-order valence-corrected chi connectivity index (χ0v) is 15.9. The summed E-state index contributed by atoms with van der Waals surface area (Å²) in [6.45, 7) is 3.33. The highest BCUT2D eigenvalue weighted by molar-refractivity contribution is 9.14. The Kier molecular flexibility index (Phi) is 10.1. The standard InChI is InChI=1S/C13H17Br3O4/c1-17-4-5-18-6-7-19-8-9-20-11-3-2-10(14)12(15)13(11)16/h2-3H,4-9H2,1H3. The van der Waals surface area contributed by atoms with Gasteiger partial charge >= 0.3 is 0 Å². The van der Waals surface area contributed by atoms with E-state index in [1.807, 2.05) is 12.1 Å². The second-order valence-electron chi connectivity index (χ2n) is 3.74. The predicted molar refractivity (Wildman–Crippen MR) is 88.6 cm³/mol. The first-order valence-electron chi connectivity index (χ1n) is 6.07. The lowest BCUT2D eigenvalue weighted by Gasteiger charge is -2.10. The van der Waals surface area contributed by atoms with Crippen molar-refractivity contribution in [3.63, 3.8) is 0 Å². The van der Waals surface area contributed by atoms with Gasteiger partial charge in [-0.2, -0.15) is 0 Å². The molecule has 0 saturated carbocycles. The van der Waals surface area contributed by atoms with Crippen LogP contribution < -0.4 is 4.74 Å². The summed E-state index contributed by atoms with van der Waals surface area (Å²) in [4.78, 5) is 0. The maximum atomic E-state index is 5.63. The molecular weight excluding hydrogens is 460 g/mol. The van der Waals surface area contributed by atoms with Crippen LogP contribution in [0.5, 0.6) is 5.75 Å². The number of hydrogen-bond donors (Lipinski definition) is 0. The topological polar surface area (TPSA) is 36.9 Å². The molecule has 0 atom stereocenters. The third-order valence-electron chi connectivity index (χ3n) is 2.29. The normalized spacial score (nSPS) is 10.8. The van der Waals surface area contributed by atoms with Crippen molar-refractivity contribution in [1.82, 2.24) is 0 Å². The van der Waals surface area contributed by atoms with E-state index in [1.165, 1.54) is 0 Å². The second kappa shape index (κ2) is 11.0. The average molecular weight is 477 g/mol. The Balaban J connectivity index is 2.11. The Hall–Kier alpha value is 0.340. The lowest BCUT2D eigenvalue weighted by Crippen LogP contribution is -2.12. The summed E-state index contributed by atoms with van der Waals surface area (Å²) in [7, 11) is 1.65. The smallest absolute Gasteiger partial charge is 0.134 e. The lowest BCUT2D eigenvalue weighted by molar-refractivity contribution is 0.0179. The van der Waals surface area contributed by atoms with E-state index in [0.717, 1.165) is 19.2 Å². The number of halogens is 3. The molecule has 1 rings (SSSR count). The largest absolute Gasteiger partial charge is 0.490 e. The molecule has 0 fully saturated rings. The molecule has 0 aromatic heterocycles. The number of ether oxygens (including phenoxy) is 4. The average Bonchev–Trinajstić information content (AvgIpc) is 2.45. The Labute approximate surface area is 144 Å². The van der Waals surface area contributed by atoms with Gasteiger partial charge in [-0.25, -0.2) is 0 Å². The quantitative estimate of drug-likeness (QED) is 0.377. The van der Waals surface area contributed by atoms with Crippen molar-refractivity contribution in [3.05, 3.63) is 25.6 Å². The van der Waals surface area contributed by atoms with Crippen LogP contribution in [0.1, 0.15) is 0 Å². The summed E-state index contributed by atoms with van der Waals surface area (Å²) < 4.78 is 24.0. The van der Waals surface area contributed by atoms with Crippen LogP contribution in [0.25, 0.3) is 0 Å². The zero-order chi connectivity index (χ0) is 14.8. The molecule has 4 nitrogen and oxygen atoms in total. The number of hydrogen-bond acceptors (Lipinski definition) is 4. The molecule has 0 unspecified atom stereocenters. The van der Waals surface area contributed by atoms with Gasteiger partial charge in [0.25, 0.3) is 0 Å². The van der Waals surface area contributed by atoms with Crippen molar-refractivity contribution in [2.75, 3.05) is 46.8 Å². The molecule has 7 heteroatoms. The number of benzene rings is 1. The van der Waals surface area contributed by atoms with E-state index < -0.39 is 0 Å². The monoisotopic (exact) mass is 474 g/mol. The molecule has 0 aliphatic carbocycles. The van der Waals surface area contributed by atoms with Gasteiger partial charge in [-0.1, -0.05) is 0 Å². The fourth-order valence-corrected chi connectivity index (χ4v) is 2.68. The highest BCUT2D eigenvalue weighted by atomic mass is 79.9. The van der Waals surface area contributed by atoms with Crippen LogP contribution in [0.4, 0.5) is 0 Å². The van der Waals surface area contributed by atoms with Crippen LogP contribution in [-0.4, -0.2) is 46.8 Å². The van der Waals surface area contributed by atoms with Gasteiger partial charge in [0.2, 0.25) is 0 Å². The van der Waals surface area contributed by atoms with E-state index in [2.05, 4.69) is 47.8 Å². The minimum absolute atomic E-state index is 0.491. The van der Waals surface area contributed by atoms with E-state index in [1.54, 1.807) is 7.11 Å². The fraction of sp³-hybridized carbons (Fsp3) is 0.538. The maximum absolute atomic E-state index is 5.63. The summed E-state index contributed by atoms with van der Waals surface area (Å²) in [5.74, 6) is 0.778. The SMILES string of the molecule is COCCOCCOCCOc1ccc(Br)c(Br)c1Br. The third-order valence-corrected chi connectivity index (χ3v) is 5.62. The molecule has 0 spiro atoms. The first-order valence-corrected chi connectivity index (χ1v) is 8.45. The first-order chi connectivity index (χ1) is 9.66. The van der Waals surface area contributed by atoms with Crippen LogP contribution in [0.2, 0.25) is 0 Å². The molecule has 0 heterocycles. The van der Waals surface area contributed by atoms with Crippen molar-refractivity contribution in [1.29, 1.82) is 0 Å². The van der Waals surface area contributed by atoms with Crippen LogP contribution in [0, 0.1) is 0 Å². The highest BCUT2D eigenvalue weighted by Gasteiger charge is 2.08. The summed E-state index contributed by atoms with van der Waals surface area (Å²) >= 11 is 10.4. The molecule has 0 saturated heterocycles. The lowest BCUT2D eigenvalue weighted by atomic mass is 10.3. The minimum Gasteiger partial charge on any atom is -0.490 e. The summed E-state index contributed by atoms with van der Waals surface area (Å²) in [5.41, 5.74) is 0. The molecule has 0 aliphatic heterocycles. The van der Waals surface area contributed by atoms with Crippen LogP contribution in [-0.2, 0) is 14.2 Å². The van der Waals surface area contributed by atoms with Crippen molar-refractivity contribution >= 4 is 47.8 Å². The van der Waals surface area contributed by atoms with Crippen molar-refractivity contribution in [2.24, 2.45) is 0 Å². The van der Waals surface area contributed by atoms with E-state index in [0.29, 0.717) is 39.6 Å². The Morgan fingerprint density at radius 1 is 0.800 bits per heavy atom. The number of rotatable bonds is 10. The zero-order valence-electron chi connectivity index (χ0n) is 11.2.